The molecule has 0 N–H and O–H groups in total. The van der Waals surface area contributed by atoms with E-state index in [0.717, 1.165) is 41.0 Å². The molecular formula is C60H43NS. The van der Waals surface area contributed by atoms with E-state index in [4.69, 9.17) is 0 Å². The Hall–Kier alpha value is -7.39. The molecule has 0 aromatic heterocycles. The average Bonchev–Trinajstić information content (AvgIpc) is 3.37. The summed E-state index contributed by atoms with van der Waals surface area (Å²) in [6, 6.07) is 80.3. The van der Waals surface area contributed by atoms with Crippen molar-refractivity contribution >= 4 is 34.4 Å². The van der Waals surface area contributed by atoms with Crippen molar-refractivity contribution in [3.63, 3.8) is 0 Å². The van der Waals surface area contributed by atoms with Crippen molar-refractivity contribution in [2.75, 3.05) is 4.90 Å². The number of allylic oxidation sites excluding steroid dienone is 4. The zero-order chi connectivity index (χ0) is 41.2. The minimum absolute atomic E-state index is 1.08. The monoisotopic (exact) mass is 809 g/mol. The van der Waals surface area contributed by atoms with E-state index < -0.39 is 0 Å². The smallest absolute Gasteiger partial charge is 0.0540 e. The van der Waals surface area contributed by atoms with Crippen LogP contribution in [0.15, 0.2) is 246 Å². The highest BCUT2D eigenvalue weighted by atomic mass is 32.2. The molecule has 0 unspecified atom stereocenters. The van der Waals surface area contributed by atoms with Gasteiger partial charge in [-0.2, -0.15) is 0 Å². The topological polar surface area (TPSA) is 3.24 Å². The number of nitrogens with zero attached hydrogens (tertiary/aromatic N) is 1. The fourth-order valence-corrected chi connectivity index (χ4v) is 10.2. The van der Waals surface area contributed by atoms with Crippen molar-refractivity contribution in [3.05, 3.63) is 242 Å². The summed E-state index contributed by atoms with van der Waals surface area (Å²) in [4.78, 5) is 4.87. The maximum atomic E-state index is 2.43. The molecule has 0 fully saturated rings. The molecule has 1 aliphatic carbocycles. The third-order valence-electron chi connectivity index (χ3n) is 12.2. The van der Waals surface area contributed by atoms with Gasteiger partial charge in [-0.05, 0) is 134 Å². The van der Waals surface area contributed by atoms with Gasteiger partial charge in [-0.15, -0.1) is 0 Å². The summed E-state index contributed by atoms with van der Waals surface area (Å²) in [6.07, 6.45) is 9.07. The molecule has 0 amide bonds. The van der Waals surface area contributed by atoms with Gasteiger partial charge < -0.3 is 4.90 Å². The first kappa shape index (κ1) is 37.6. The number of para-hydroxylation sites is 1. The second kappa shape index (κ2) is 16.6. The Labute approximate surface area is 369 Å². The maximum Gasteiger partial charge on any atom is 0.0540 e. The van der Waals surface area contributed by atoms with E-state index in [1.165, 1.54) is 76.6 Å². The van der Waals surface area contributed by atoms with Gasteiger partial charge in [0.15, 0.2) is 0 Å². The van der Waals surface area contributed by atoms with E-state index in [1.807, 2.05) is 11.8 Å². The minimum atomic E-state index is 1.08. The molecule has 0 atom stereocenters. The van der Waals surface area contributed by atoms with E-state index in [9.17, 15) is 0 Å². The number of hydrogen-bond donors (Lipinski definition) is 0. The van der Waals surface area contributed by atoms with Gasteiger partial charge >= 0.3 is 0 Å². The van der Waals surface area contributed by atoms with Crippen LogP contribution in [0.25, 0.3) is 72.3 Å². The summed E-state index contributed by atoms with van der Waals surface area (Å²) < 4.78 is 0. The highest BCUT2D eigenvalue weighted by molar-refractivity contribution is 7.99. The highest BCUT2D eigenvalue weighted by Crippen LogP contribution is 2.50. The van der Waals surface area contributed by atoms with Crippen LogP contribution < -0.4 is 4.90 Å². The van der Waals surface area contributed by atoms with Gasteiger partial charge in [-0.1, -0.05) is 200 Å². The molecule has 0 bridgehead atoms. The van der Waals surface area contributed by atoms with Crippen LogP contribution in [0.4, 0.5) is 17.1 Å². The Balaban J connectivity index is 1.09. The van der Waals surface area contributed by atoms with E-state index in [0.29, 0.717) is 0 Å². The summed E-state index contributed by atoms with van der Waals surface area (Å²) >= 11 is 1.86. The number of benzene rings is 9. The van der Waals surface area contributed by atoms with Crippen molar-refractivity contribution in [2.24, 2.45) is 0 Å². The van der Waals surface area contributed by atoms with Gasteiger partial charge in [0, 0.05) is 26.7 Å². The van der Waals surface area contributed by atoms with Crippen LogP contribution in [0.3, 0.4) is 0 Å². The van der Waals surface area contributed by atoms with Gasteiger partial charge in [-0.25, -0.2) is 0 Å². The number of anilines is 3. The van der Waals surface area contributed by atoms with Crippen molar-refractivity contribution < 1.29 is 0 Å². The summed E-state index contributed by atoms with van der Waals surface area (Å²) in [5, 5.41) is 0. The normalized spacial score (nSPS) is 12.7. The number of fused-ring (bicyclic) bond motifs is 9. The SMILES string of the molecule is C1=CC(c2ccc(N(c3ccc(-c4ccccc4)cc3)c3ccccc3-c3ccc4c(c3)-c3ccccc3-c3ccccc3-c3ccccc3-c3ccccc3S4)cc2)=CCC1. The molecule has 0 saturated carbocycles. The molecule has 9 aromatic rings. The van der Waals surface area contributed by atoms with Crippen molar-refractivity contribution in [3.8, 4) is 66.8 Å². The lowest BCUT2D eigenvalue weighted by Gasteiger charge is -2.28. The lowest BCUT2D eigenvalue weighted by Crippen LogP contribution is -2.11. The Bertz CT molecular complexity index is 3140. The van der Waals surface area contributed by atoms with Crippen LogP contribution in [0.5, 0.6) is 0 Å². The predicted molar refractivity (Wildman–Crippen MR) is 264 cm³/mol. The molecule has 11 rings (SSSR count). The lowest BCUT2D eigenvalue weighted by atomic mass is 9.86. The van der Waals surface area contributed by atoms with E-state index >= 15 is 0 Å². The quantitative estimate of drug-likeness (QED) is 0.165. The lowest BCUT2D eigenvalue weighted by molar-refractivity contribution is 1.04. The predicted octanol–water partition coefficient (Wildman–Crippen LogP) is 17.4. The van der Waals surface area contributed by atoms with Crippen LogP contribution in [0.1, 0.15) is 18.4 Å². The van der Waals surface area contributed by atoms with Crippen molar-refractivity contribution in [1.82, 2.24) is 0 Å². The largest absolute Gasteiger partial charge is 0.310 e. The molecule has 0 radical (unpaired) electrons. The molecule has 62 heavy (non-hydrogen) atoms. The van der Waals surface area contributed by atoms with Crippen molar-refractivity contribution in [2.45, 2.75) is 22.6 Å². The summed E-state index contributed by atoms with van der Waals surface area (Å²) in [6.45, 7) is 0. The second-order valence-corrected chi connectivity index (χ2v) is 17.0. The fraction of sp³-hybridized carbons (Fsp3) is 0.0333. The van der Waals surface area contributed by atoms with E-state index in [2.05, 4.69) is 242 Å². The summed E-state index contributed by atoms with van der Waals surface area (Å²) in [7, 11) is 0. The zero-order valence-corrected chi connectivity index (χ0v) is 35.1. The highest BCUT2D eigenvalue weighted by Gasteiger charge is 2.23. The van der Waals surface area contributed by atoms with Gasteiger partial charge in [0.25, 0.3) is 0 Å². The van der Waals surface area contributed by atoms with Crippen LogP contribution in [0.2, 0.25) is 0 Å². The first-order valence-electron chi connectivity index (χ1n) is 21.5. The second-order valence-electron chi connectivity index (χ2n) is 15.9. The molecule has 0 spiro atoms. The van der Waals surface area contributed by atoms with Crippen LogP contribution in [-0.2, 0) is 0 Å². The standard InChI is InChI=1S/C60H43NS/c1-3-17-42(18-4-1)44-31-36-47(37-32-44)61(48-38-33-45(34-39-48)43-19-5-2-6-20-43)58-29-15-13-21-49(58)46-35-40-60-57(41-46)55-27-12-10-25-53(55)51-23-8-7-22-50(51)52-24-9-11-26-54(52)56-28-14-16-30-59(56)62-60/h1,3-5,7-41H,2,6H2. The van der Waals surface area contributed by atoms with Crippen LogP contribution in [0, 0.1) is 0 Å². The average molecular weight is 810 g/mol. The number of rotatable bonds is 6. The molecule has 294 valence electrons. The molecule has 1 aliphatic heterocycles. The van der Waals surface area contributed by atoms with Gasteiger partial charge in [0.1, 0.15) is 0 Å². The molecule has 9 aromatic carbocycles. The van der Waals surface area contributed by atoms with Crippen LogP contribution in [-0.4, -0.2) is 0 Å². The number of hydrogen-bond acceptors (Lipinski definition) is 2. The Morgan fingerprint density at radius 1 is 0.323 bits per heavy atom. The van der Waals surface area contributed by atoms with Gasteiger partial charge in [-0.3, -0.25) is 0 Å². The minimum Gasteiger partial charge on any atom is -0.310 e. The molecule has 1 heterocycles. The molecule has 0 saturated heterocycles. The molecule has 1 nitrogen and oxygen atoms in total. The maximum absolute atomic E-state index is 2.43. The van der Waals surface area contributed by atoms with Crippen molar-refractivity contribution in [1.29, 1.82) is 0 Å². The van der Waals surface area contributed by atoms with E-state index in [1.54, 1.807) is 0 Å². The fourth-order valence-electron chi connectivity index (χ4n) is 9.16. The molecule has 2 heteroatoms. The molecule has 2 aliphatic rings. The van der Waals surface area contributed by atoms with E-state index in [-0.39, 0.29) is 0 Å². The first-order valence-corrected chi connectivity index (χ1v) is 22.3. The third kappa shape index (κ3) is 7.09. The van der Waals surface area contributed by atoms with Crippen LogP contribution >= 0.6 is 11.8 Å². The zero-order valence-electron chi connectivity index (χ0n) is 34.3. The Morgan fingerprint density at radius 2 is 0.774 bits per heavy atom. The first-order chi connectivity index (χ1) is 30.8. The third-order valence-corrected chi connectivity index (χ3v) is 13.3. The summed E-state index contributed by atoms with van der Waals surface area (Å²) in [5.41, 5.74) is 20.4. The summed E-state index contributed by atoms with van der Waals surface area (Å²) in [5.74, 6) is 0. The molecular weight excluding hydrogens is 767 g/mol. The van der Waals surface area contributed by atoms with Gasteiger partial charge in [0.05, 0.1) is 5.69 Å². The van der Waals surface area contributed by atoms with Gasteiger partial charge in [0.2, 0.25) is 0 Å². The Kier molecular flexibility index (Phi) is 10.1. The Morgan fingerprint density at radius 3 is 1.37 bits per heavy atom.